The van der Waals surface area contributed by atoms with E-state index in [4.69, 9.17) is 0 Å². The van der Waals surface area contributed by atoms with Crippen molar-refractivity contribution in [2.24, 2.45) is 7.05 Å². The number of aromatic hydroxyl groups is 2. The molecule has 0 saturated heterocycles. The summed E-state index contributed by atoms with van der Waals surface area (Å²) in [5, 5.41) is 24.6. The Kier molecular flexibility index (Phi) is 2.84. The quantitative estimate of drug-likeness (QED) is 0.531. The molecule has 2 aromatic carbocycles. The average Bonchev–Trinajstić information content (AvgIpc) is 3.08. The third-order valence-corrected chi connectivity index (χ3v) is 3.76. The smallest absolute Gasteiger partial charge is 0.173 e. The Balaban J connectivity index is 1.90. The van der Waals surface area contributed by atoms with Crippen LogP contribution in [0.5, 0.6) is 11.5 Å². The molecule has 4 aromatic rings. The minimum absolute atomic E-state index is 0.0713. The van der Waals surface area contributed by atoms with Gasteiger partial charge in [-0.2, -0.15) is 5.10 Å². The molecule has 114 valence electrons. The molecule has 0 spiro atoms. The van der Waals surface area contributed by atoms with Crippen LogP contribution in [0.1, 0.15) is 0 Å². The first kappa shape index (κ1) is 13.4. The molecule has 6 heteroatoms. The van der Waals surface area contributed by atoms with E-state index in [2.05, 4.69) is 15.1 Å². The molecule has 23 heavy (non-hydrogen) atoms. The van der Waals surface area contributed by atoms with E-state index in [1.54, 1.807) is 29.9 Å². The highest BCUT2D eigenvalue weighted by molar-refractivity contribution is 5.83. The third kappa shape index (κ3) is 2.12. The minimum atomic E-state index is 0.0713. The van der Waals surface area contributed by atoms with Crippen molar-refractivity contribution in [2.75, 3.05) is 0 Å². The van der Waals surface area contributed by atoms with E-state index < -0.39 is 0 Å². The molecular formula is C17H14N4O2. The summed E-state index contributed by atoms with van der Waals surface area (Å²) >= 11 is 0. The summed E-state index contributed by atoms with van der Waals surface area (Å²) in [5.74, 6) is 0.731. The van der Waals surface area contributed by atoms with Gasteiger partial charge in [0.15, 0.2) is 11.6 Å². The van der Waals surface area contributed by atoms with Crippen molar-refractivity contribution < 1.29 is 10.2 Å². The van der Waals surface area contributed by atoms with Crippen molar-refractivity contribution in [1.82, 2.24) is 19.7 Å². The number of H-pyrrole nitrogens is 1. The summed E-state index contributed by atoms with van der Waals surface area (Å²) in [6, 6.07) is 14.4. The number of imidazole rings is 1. The molecule has 0 atom stereocenters. The average molecular weight is 306 g/mol. The maximum absolute atomic E-state index is 10.6. The molecule has 0 aliphatic rings. The van der Waals surface area contributed by atoms with E-state index in [-0.39, 0.29) is 11.5 Å². The summed E-state index contributed by atoms with van der Waals surface area (Å²) < 4.78 is 1.59. The maximum atomic E-state index is 10.6. The van der Waals surface area contributed by atoms with Crippen molar-refractivity contribution in [3.05, 3.63) is 48.5 Å². The van der Waals surface area contributed by atoms with Gasteiger partial charge in [-0.15, -0.1) is 0 Å². The number of phenolic OH excluding ortho intramolecular Hbond substituents is 1. The molecular weight excluding hydrogens is 292 g/mol. The van der Waals surface area contributed by atoms with Gasteiger partial charge in [-0.25, -0.2) is 4.98 Å². The summed E-state index contributed by atoms with van der Waals surface area (Å²) in [5.41, 5.74) is 3.24. The third-order valence-electron chi connectivity index (χ3n) is 3.76. The molecule has 2 aromatic heterocycles. The Hall–Kier alpha value is -3.28. The second-order valence-electron chi connectivity index (χ2n) is 5.32. The molecule has 0 aliphatic heterocycles. The molecule has 0 fully saturated rings. The van der Waals surface area contributed by atoms with E-state index in [1.807, 2.05) is 30.3 Å². The Bertz CT molecular complexity index is 1000. The lowest BCUT2D eigenvalue weighted by Gasteiger charge is -1.98. The van der Waals surface area contributed by atoms with Crippen LogP contribution in [0.3, 0.4) is 0 Å². The van der Waals surface area contributed by atoms with Gasteiger partial charge >= 0.3 is 0 Å². The SMILES string of the molecule is Cn1nc(-c2ccccc2)c(O)c1-c1nc2ccc(O)cc2[nH]1. The van der Waals surface area contributed by atoms with Crippen molar-refractivity contribution >= 4 is 11.0 Å². The van der Waals surface area contributed by atoms with Crippen LogP contribution < -0.4 is 0 Å². The Morgan fingerprint density at radius 2 is 1.83 bits per heavy atom. The molecule has 4 rings (SSSR count). The summed E-state index contributed by atoms with van der Waals surface area (Å²) in [6.45, 7) is 0. The molecule has 0 aliphatic carbocycles. The highest BCUT2D eigenvalue weighted by Crippen LogP contribution is 2.36. The van der Waals surface area contributed by atoms with Gasteiger partial charge in [0.1, 0.15) is 17.1 Å². The predicted octanol–water partition coefficient (Wildman–Crippen LogP) is 3.04. The Morgan fingerprint density at radius 3 is 2.61 bits per heavy atom. The number of benzene rings is 2. The van der Waals surface area contributed by atoms with Crippen LogP contribution in [0.2, 0.25) is 0 Å². The van der Waals surface area contributed by atoms with Crippen LogP contribution in [-0.4, -0.2) is 30.0 Å². The van der Waals surface area contributed by atoms with Crippen molar-refractivity contribution in [1.29, 1.82) is 0 Å². The first-order chi connectivity index (χ1) is 11.1. The molecule has 3 N–H and O–H groups in total. The topological polar surface area (TPSA) is 87.0 Å². The number of hydrogen-bond acceptors (Lipinski definition) is 4. The summed E-state index contributed by atoms with van der Waals surface area (Å²) in [6.07, 6.45) is 0. The maximum Gasteiger partial charge on any atom is 0.173 e. The summed E-state index contributed by atoms with van der Waals surface area (Å²) in [4.78, 5) is 7.57. The highest BCUT2D eigenvalue weighted by atomic mass is 16.3. The number of aromatic amines is 1. The van der Waals surface area contributed by atoms with Crippen LogP contribution in [0.4, 0.5) is 0 Å². The minimum Gasteiger partial charge on any atom is -0.508 e. The number of hydrogen-bond donors (Lipinski definition) is 3. The van der Waals surface area contributed by atoms with Gasteiger partial charge in [0, 0.05) is 18.7 Å². The first-order valence-electron chi connectivity index (χ1n) is 7.14. The molecule has 2 heterocycles. The number of nitrogens with zero attached hydrogens (tertiary/aromatic N) is 3. The van der Waals surface area contributed by atoms with Gasteiger partial charge in [-0.1, -0.05) is 30.3 Å². The van der Waals surface area contributed by atoms with Crippen LogP contribution in [0.25, 0.3) is 33.8 Å². The summed E-state index contributed by atoms with van der Waals surface area (Å²) in [7, 11) is 1.76. The molecule has 0 unspecified atom stereocenters. The van der Waals surface area contributed by atoms with Gasteiger partial charge in [0.05, 0.1) is 11.0 Å². The lowest BCUT2D eigenvalue weighted by molar-refractivity contribution is 0.476. The second-order valence-corrected chi connectivity index (χ2v) is 5.32. The zero-order valence-corrected chi connectivity index (χ0v) is 12.4. The number of rotatable bonds is 2. The van der Waals surface area contributed by atoms with Gasteiger partial charge in [0.25, 0.3) is 0 Å². The fraction of sp³-hybridized carbons (Fsp3) is 0.0588. The number of nitrogens with one attached hydrogen (secondary N) is 1. The number of aromatic nitrogens is 4. The van der Waals surface area contributed by atoms with E-state index >= 15 is 0 Å². The highest BCUT2D eigenvalue weighted by Gasteiger charge is 2.20. The zero-order chi connectivity index (χ0) is 16.0. The van der Waals surface area contributed by atoms with Gasteiger partial charge < -0.3 is 15.2 Å². The van der Waals surface area contributed by atoms with Crippen LogP contribution in [0, 0.1) is 0 Å². The van der Waals surface area contributed by atoms with Crippen LogP contribution in [0.15, 0.2) is 48.5 Å². The Morgan fingerprint density at radius 1 is 1.04 bits per heavy atom. The predicted molar refractivity (Wildman–Crippen MR) is 87.1 cm³/mol. The standard InChI is InChI=1S/C17H14N4O2/c1-21-15(16(23)14(20-21)10-5-3-2-4-6-10)17-18-12-8-7-11(22)9-13(12)19-17/h2-9,22-23H,1H3,(H,18,19). The molecule has 0 bridgehead atoms. The van der Waals surface area contributed by atoms with Gasteiger partial charge in [0.2, 0.25) is 0 Å². The normalized spacial score (nSPS) is 11.2. The lowest BCUT2D eigenvalue weighted by atomic mass is 10.1. The number of fused-ring (bicyclic) bond motifs is 1. The molecule has 0 saturated carbocycles. The second kappa shape index (κ2) is 4.88. The van der Waals surface area contributed by atoms with Gasteiger partial charge in [-0.3, -0.25) is 4.68 Å². The van der Waals surface area contributed by atoms with E-state index in [9.17, 15) is 10.2 Å². The van der Waals surface area contributed by atoms with Crippen molar-refractivity contribution in [3.63, 3.8) is 0 Å². The van der Waals surface area contributed by atoms with Crippen LogP contribution in [-0.2, 0) is 7.05 Å². The monoisotopic (exact) mass is 306 g/mol. The first-order valence-corrected chi connectivity index (χ1v) is 7.14. The van der Waals surface area contributed by atoms with Crippen molar-refractivity contribution in [3.8, 4) is 34.3 Å². The fourth-order valence-corrected chi connectivity index (χ4v) is 2.68. The zero-order valence-electron chi connectivity index (χ0n) is 12.4. The van der Waals surface area contributed by atoms with E-state index in [0.717, 1.165) is 5.56 Å². The number of aryl methyl sites for hydroxylation is 1. The van der Waals surface area contributed by atoms with Crippen molar-refractivity contribution in [2.45, 2.75) is 0 Å². The lowest BCUT2D eigenvalue weighted by Crippen LogP contribution is -1.95. The van der Waals surface area contributed by atoms with Gasteiger partial charge in [-0.05, 0) is 12.1 Å². The van der Waals surface area contributed by atoms with E-state index in [0.29, 0.717) is 28.2 Å². The van der Waals surface area contributed by atoms with Crippen LogP contribution >= 0.6 is 0 Å². The number of phenols is 1. The Labute approximate surface area is 131 Å². The molecule has 6 nitrogen and oxygen atoms in total. The molecule has 0 radical (unpaired) electrons. The fourth-order valence-electron chi connectivity index (χ4n) is 2.68. The van der Waals surface area contributed by atoms with E-state index in [1.165, 1.54) is 0 Å². The largest absolute Gasteiger partial charge is 0.508 e. The molecule has 0 amide bonds.